The Bertz CT molecular complexity index is 258. The number of rotatable bonds is 6. The van der Waals surface area contributed by atoms with Crippen molar-refractivity contribution in [3.8, 4) is 0 Å². The first kappa shape index (κ1) is 15.4. The Kier molecular flexibility index (Phi) is 6.65. The van der Waals surface area contributed by atoms with Crippen LogP contribution in [-0.2, 0) is 4.79 Å². The second kappa shape index (κ2) is 7.74. The molecule has 1 rings (SSSR count). The topological polar surface area (TPSA) is 52.6 Å². The van der Waals surface area contributed by atoms with Crippen LogP contribution in [0.25, 0.3) is 0 Å². The van der Waals surface area contributed by atoms with Crippen LogP contribution < -0.4 is 5.32 Å². The zero-order chi connectivity index (χ0) is 13.5. The number of aliphatic hydroxyl groups excluding tert-OH is 1. The number of likely N-dealkylation sites (tertiary alicyclic amines) is 1. The van der Waals surface area contributed by atoms with Crippen molar-refractivity contribution in [3.63, 3.8) is 0 Å². The Balaban J connectivity index is 2.56. The van der Waals surface area contributed by atoms with Gasteiger partial charge >= 0.3 is 0 Å². The maximum Gasteiger partial charge on any atom is 0.217 e. The molecular weight excluding hydrogens is 228 g/mol. The monoisotopic (exact) mass is 256 g/mol. The number of carbonyl (C=O) groups excluding carboxylic acids is 1. The SMILES string of the molecule is CCC(C)N1CC(CCCO)CC(NC(C)=O)C1. The van der Waals surface area contributed by atoms with Gasteiger partial charge in [0.25, 0.3) is 0 Å². The summed E-state index contributed by atoms with van der Waals surface area (Å²) >= 11 is 0. The van der Waals surface area contributed by atoms with Gasteiger partial charge in [-0.05, 0) is 38.5 Å². The zero-order valence-corrected chi connectivity index (χ0v) is 12.0. The molecule has 0 radical (unpaired) electrons. The molecule has 1 aliphatic rings. The molecule has 0 spiro atoms. The predicted octanol–water partition coefficient (Wildman–Crippen LogP) is 1.38. The molecule has 0 aromatic rings. The average molecular weight is 256 g/mol. The number of amides is 1. The Morgan fingerprint density at radius 3 is 2.78 bits per heavy atom. The molecule has 106 valence electrons. The standard InChI is InChI=1S/C14H28N2O2/c1-4-11(2)16-9-13(6-5-7-17)8-14(10-16)15-12(3)18/h11,13-14,17H,4-10H2,1-3H3,(H,15,18). The molecule has 4 heteroatoms. The third-order valence-electron chi connectivity index (χ3n) is 3.96. The number of hydrogen-bond acceptors (Lipinski definition) is 3. The maximum absolute atomic E-state index is 11.2. The highest BCUT2D eigenvalue weighted by Crippen LogP contribution is 2.23. The second-order valence-electron chi connectivity index (χ2n) is 5.58. The molecule has 3 unspecified atom stereocenters. The van der Waals surface area contributed by atoms with Crippen LogP contribution in [-0.4, -0.2) is 47.7 Å². The Hall–Kier alpha value is -0.610. The van der Waals surface area contributed by atoms with E-state index in [2.05, 4.69) is 24.1 Å². The summed E-state index contributed by atoms with van der Waals surface area (Å²) in [5, 5.41) is 12.0. The van der Waals surface area contributed by atoms with E-state index in [4.69, 9.17) is 5.11 Å². The molecule has 0 bridgehead atoms. The van der Waals surface area contributed by atoms with E-state index in [0.717, 1.165) is 38.8 Å². The van der Waals surface area contributed by atoms with Crippen molar-refractivity contribution in [2.24, 2.45) is 5.92 Å². The molecular formula is C14H28N2O2. The summed E-state index contributed by atoms with van der Waals surface area (Å²) in [6.07, 6.45) is 4.11. The molecule has 18 heavy (non-hydrogen) atoms. The van der Waals surface area contributed by atoms with Crippen LogP contribution in [0.4, 0.5) is 0 Å². The smallest absolute Gasteiger partial charge is 0.217 e. The Labute approximate surface area is 111 Å². The largest absolute Gasteiger partial charge is 0.396 e. The van der Waals surface area contributed by atoms with Gasteiger partial charge in [0, 0.05) is 38.7 Å². The number of hydrogen-bond donors (Lipinski definition) is 2. The quantitative estimate of drug-likeness (QED) is 0.755. The first-order valence-corrected chi connectivity index (χ1v) is 7.18. The number of nitrogens with one attached hydrogen (secondary N) is 1. The molecule has 2 N–H and O–H groups in total. The van der Waals surface area contributed by atoms with Crippen molar-refractivity contribution in [1.29, 1.82) is 0 Å². The summed E-state index contributed by atoms with van der Waals surface area (Å²) in [5.41, 5.74) is 0. The van der Waals surface area contributed by atoms with Gasteiger partial charge in [-0.15, -0.1) is 0 Å². The van der Waals surface area contributed by atoms with Crippen LogP contribution in [0.2, 0.25) is 0 Å². The fraction of sp³-hybridized carbons (Fsp3) is 0.929. The molecule has 0 aromatic heterocycles. The normalized spacial score (nSPS) is 26.9. The van der Waals surface area contributed by atoms with Crippen LogP contribution >= 0.6 is 0 Å². The number of carbonyl (C=O) groups is 1. The lowest BCUT2D eigenvalue weighted by molar-refractivity contribution is -0.120. The predicted molar refractivity (Wildman–Crippen MR) is 73.4 cm³/mol. The van der Waals surface area contributed by atoms with Gasteiger partial charge in [-0.3, -0.25) is 9.69 Å². The summed E-state index contributed by atoms with van der Waals surface area (Å²) in [7, 11) is 0. The van der Waals surface area contributed by atoms with Crippen molar-refractivity contribution in [2.75, 3.05) is 19.7 Å². The number of aliphatic hydroxyl groups is 1. The number of piperidine rings is 1. The van der Waals surface area contributed by atoms with E-state index in [9.17, 15) is 4.79 Å². The highest BCUT2D eigenvalue weighted by atomic mass is 16.2. The van der Waals surface area contributed by atoms with Crippen LogP contribution in [0, 0.1) is 5.92 Å². The van der Waals surface area contributed by atoms with Crippen LogP contribution in [0.3, 0.4) is 0 Å². The lowest BCUT2D eigenvalue weighted by Crippen LogP contribution is -2.52. The molecule has 1 fully saturated rings. The van der Waals surface area contributed by atoms with E-state index >= 15 is 0 Å². The molecule has 3 atom stereocenters. The van der Waals surface area contributed by atoms with Gasteiger partial charge in [-0.1, -0.05) is 6.92 Å². The molecule has 1 amide bonds. The first-order valence-electron chi connectivity index (χ1n) is 7.18. The summed E-state index contributed by atoms with van der Waals surface area (Å²) in [6.45, 7) is 8.37. The maximum atomic E-state index is 11.2. The third-order valence-corrected chi connectivity index (χ3v) is 3.96. The molecule has 4 nitrogen and oxygen atoms in total. The summed E-state index contributed by atoms with van der Waals surface area (Å²) in [6, 6.07) is 0.840. The minimum absolute atomic E-state index is 0.0620. The lowest BCUT2D eigenvalue weighted by atomic mass is 9.89. The Morgan fingerprint density at radius 2 is 2.22 bits per heavy atom. The van der Waals surface area contributed by atoms with Gasteiger partial charge in [0.2, 0.25) is 5.91 Å². The minimum Gasteiger partial charge on any atom is -0.396 e. The van der Waals surface area contributed by atoms with Crippen LogP contribution in [0.15, 0.2) is 0 Å². The zero-order valence-electron chi connectivity index (χ0n) is 12.0. The fourth-order valence-electron chi connectivity index (χ4n) is 2.84. The first-order chi connectivity index (χ1) is 8.56. The van der Waals surface area contributed by atoms with Crippen molar-refractivity contribution in [3.05, 3.63) is 0 Å². The van der Waals surface area contributed by atoms with Crippen molar-refractivity contribution in [2.45, 2.75) is 58.5 Å². The van der Waals surface area contributed by atoms with Gasteiger partial charge < -0.3 is 10.4 Å². The summed E-state index contributed by atoms with van der Waals surface area (Å²) in [4.78, 5) is 13.7. The number of nitrogens with zero attached hydrogens (tertiary/aromatic N) is 1. The van der Waals surface area contributed by atoms with Gasteiger partial charge in [-0.2, -0.15) is 0 Å². The molecule has 0 aliphatic carbocycles. The average Bonchev–Trinajstić information content (AvgIpc) is 2.34. The Morgan fingerprint density at radius 1 is 1.50 bits per heavy atom. The fourth-order valence-corrected chi connectivity index (χ4v) is 2.84. The van der Waals surface area contributed by atoms with Gasteiger partial charge in [0.1, 0.15) is 0 Å². The molecule has 1 saturated heterocycles. The minimum atomic E-state index is 0.0620. The molecule has 0 saturated carbocycles. The van der Waals surface area contributed by atoms with Gasteiger partial charge in [-0.25, -0.2) is 0 Å². The van der Waals surface area contributed by atoms with Crippen LogP contribution in [0.1, 0.15) is 46.5 Å². The van der Waals surface area contributed by atoms with E-state index in [1.54, 1.807) is 6.92 Å². The highest BCUT2D eigenvalue weighted by molar-refractivity contribution is 5.73. The van der Waals surface area contributed by atoms with Gasteiger partial charge in [0.15, 0.2) is 0 Å². The second-order valence-corrected chi connectivity index (χ2v) is 5.58. The van der Waals surface area contributed by atoms with Crippen molar-refractivity contribution < 1.29 is 9.90 Å². The van der Waals surface area contributed by atoms with Crippen LogP contribution in [0.5, 0.6) is 0 Å². The van der Waals surface area contributed by atoms with E-state index in [-0.39, 0.29) is 18.6 Å². The molecule has 0 aromatic carbocycles. The lowest BCUT2D eigenvalue weighted by Gasteiger charge is -2.41. The molecule has 1 heterocycles. The van der Waals surface area contributed by atoms with E-state index < -0.39 is 0 Å². The summed E-state index contributed by atoms with van der Waals surface area (Å²) in [5.74, 6) is 0.656. The van der Waals surface area contributed by atoms with E-state index in [0.29, 0.717) is 12.0 Å². The third kappa shape index (κ3) is 4.94. The summed E-state index contributed by atoms with van der Waals surface area (Å²) < 4.78 is 0. The molecule has 1 aliphatic heterocycles. The van der Waals surface area contributed by atoms with Gasteiger partial charge in [0.05, 0.1) is 0 Å². The van der Waals surface area contributed by atoms with Crippen molar-refractivity contribution in [1.82, 2.24) is 10.2 Å². The van der Waals surface area contributed by atoms with Crippen molar-refractivity contribution >= 4 is 5.91 Å². The van der Waals surface area contributed by atoms with E-state index in [1.165, 1.54) is 0 Å². The van der Waals surface area contributed by atoms with E-state index in [1.807, 2.05) is 0 Å². The highest BCUT2D eigenvalue weighted by Gasteiger charge is 2.29.